The number of hydrazone groups is 1. The van der Waals surface area contributed by atoms with Crippen molar-refractivity contribution in [3.63, 3.8) is 0 Å². The van der Waals surface area contributed by atoms with E-state index in [2.05, 4.69) is 15.8 Å². The van der Waals surface area contributed by atoms with Gasteiger partial charge in [0.2, 0.25) is 0 Å². The zero-order valence-electron chi connectivity index (χ0n) is 23.5. The second kappa shape index (κ2) is 14.3. The van der Waals surface area contributed by atoms with Crippen molar-refractivity contribution >= 4 is 46.3 Å². The largest absolute Gasteiger partial charge is 0.494 e. The van der Waals surface area contributed by atoms with Crippen LogP contribution in [0.25, 0.3) is 0 Å². The molecule has 0 aliphatic heterocycles. The molecule has 2 N–H and O–H groups in total. The summed E-state index contributed by atoms with van der Waals surface area (Å²) in [7, 11) is 1.42. The molecule has 42 heavy (non-hydrogen) atoms. The van der Waals surface area contributed by atoms with Gasteiger partial charge < -0.3 is 24.3 Å². The molecule has 1 aliphatic carbocycles. The Morgan fingerprint density at radius 3 is 2.40 bits per heavy atom. The average Bonchev–Trinajstić information content (AvgIpc) is 3.36. The summed E-state index contributed by atoms with van der Waals surface area (Å²) in [4.78, 5) is 51.2. The number of amides is 2. The first kappa shape index (κ1) is 30.3. The van der Waals surface area contributed by atoms with Crippen molar-refractivity contribution in [3.05, 3.63) is 69.6 Å². The minimum atomic E-state index is -1.01. The van der Waals surface area contributed by atoms with Crippen molar-refractivity contribution in [3.8, 4) is 17.2 Å². The standard InChI is InChI=1S/C30H31N3O8S/c1-4-39-20-13-11-19(12-14-20)29(36)41-22-15-10-18(16-23(22)38-3)17-31-33-27(35)26(34)32-28-25(30(37)40-5-2)21-8-6-7-9-24(21)42-28/h10-17H,4-9H2,1-3H3,(H,32,34)(H,33,35)/b31-17-. The maximum absolute atomic E-state index is 12.6. The Kier molecular flexibility index (Phi) is 10.3. The number of benzene rings is 2. The Labute approximate surface area is 246 Å². The van der Waals surface area contributed by atoms with E-state index >= 15 is 0 Å². The van der Waals surface area contributed by atoms with Crippen molar-refractivity contribution < 1.29 is 38.1 Å². The van der Waals surface area contributed by atoms with E-state index in [4.69, 9.17) is 18.9 Å². The molecule has 0 bridgehead atoms. The number of carbonyl (C=O) groups excluding carboxylic acids is 4. The summed E-state index contributed by atoms with van der Waals surface area (Å²) in [6.07, 6.45) is 4.77. The van der Waals surface area contributed by atoms with Gasteiger partial charge in [0.1, 0.15) is 10.8 Å². The van der Waals surface area contributed by atoms with Gasteiger partial charge in [-0.15, -0.1) is 11.3 Å². The van der Waals surface area contributed by atoms with Crippen LogP contribution in [0.15, 0.2) is 47.6 Å². The SMILES string of the molecule is CCOC(=O)c1c(NC(=O)C(=O)N/N=C\c2ccc(OC(=O)c3ccc(OCC)cc3)c(OC)c2)sc2c1CCCC2. The molecule has 2 aromatic carbocycles. The highest BCUT2D eigenvalue weighted by molar-refractivity contribution is 7.17. The fourth-order valence-electron chi connectivity index (χ4n) is 4.31. The summed E-state index contributed by atoms with van der Waals surface area (Å²) < 4.78 is 21.4. The predicted octanol–water partition coefficient (Wildman–Crippen LogP) is 4.52. The molecule has 3 aromatic rings. The number of ether oxygens (including phenoxy) is 4. The lowest BCUT2D eigenvalue weighted by molar-refractivity contribution is -0.136. The number of esters is 2. The number of nitrogens with one attached hydrogen (secondary N) is 2. The van der Waals surface area contributed by atoms with Crippen LogP contribution < -0.4 is 25.0 Å². The highest BCUT2D eigenvalue weighted by Gasteiger charge is 2.28. The van der Waals surface area contributed by atoms with Gasteiger partial charge in [0.05, 0.1) is 37.7 Å². The highest BCUT2D eigenvalue weighted by Crippen LogP contribution is 2.38. The summed E-state index contributed by atoms with van der Waals surface area (Å²) >= 11 is 1.29. The van der Waals surface area contributed by atoms with Gasteiger partial charge in [0.25, 0.3) is 0 Å². The number of aryl methyl sites for hydroxylation is 1. The van der Waals surface area contributed by atoms with Gasteiger partial charge in [-0.05, 0) is 93.1 Å². The Morgan fingerprint density at radius 2 is 1.69 bits per heavy atom. The molecule has 4 rings (SSSR count). The van der Waals surface area contributed by atoms with E-state index in [9.17, 15) is 19.2 Å². The van der Waals surface area contributed by atoms with Crippen LogP contribution in [-0.2, 0) is 27.2 Å². The lowest BCUT2D eigenvalue weighted by Crippen LogP contribution is -2.32. The van der Waals surface area contributed by atoms with Crippen LogP contribution in [0.4, 0.5) is 5.00 Å². The third-order valence-electron chi connectivity index (χ3n) is 6.26. The van der Waals surface area contributed by atoms with Crippen LogP contribution in [0.2, 0.25) is 0 Å². The molecule has 0 spiro atoms. The van der Waals surface area contributed by atoms with Crippen molar-refractivity contribution in [2.24, 2.45) is 5.10 Å². The van der Waals surface area contributed by atoms with Crippen molar-refractivity contribution in [2.45, 2.75) is 39.5 Å². The number of thiophene rings is 1. The first-order valence-corrected chi connectivity index (χ1v) is 14.2. The lowest BCUT2D eigenvalue weighted by atomic mass is 9.95. The number of methoxy groups -OCH3 is 1. The molecule has 11 nitrogen and oxygen atoms in total. The molecule has 0 atom stereocenters. The summed E-state index contributed by atoms with van der Waals surface area (Å²) in [6.45, 7) is 4.29. The molecule has 0 radical (unpaired) electrons. The number of hydrogen-bond acceptors (Lipinski definition) is 10. The van der Waals surface area contributed by atoms with Crippen molar-refractivity contribution in [1.29, 1.82) is 0 Å². The van der Waals surface area contributed by atoms with Gasteiger partial charge in [-0.2, -0.15) is 5.10 Å². The number of nitrogens with zero attached hydrogens (tertiary/aromatic N) is 1. The average molecular weight is 594 g/mol. The first-order valence-electron chi connectivity index (χ1n) is 13.4. The third-order valence-corrected chi connectivity index (χ3v) is 7.46. The Bertz CT molecular complexity index is 1500. The molecule has 1 heterocycles. The molecule has 1 aromatic heterocycles. The number of anilines is 1. The predicted molar refractivity (Wildman–Crippen MR) is 157 cm³/mol. The zero-order chi connectivity index (χ0) is 30.1. The number of fused-ring (bicyclic) bond motifs is 1. The first-order chi connectivity index (χ1) is 20.3. The molecule has 220 valence electrons. The van der Waals surface area contributed by atoms with E-state index in [0.29, 0.717) is 34.0 Å². The number of hydrogen-bond donors (Lipinski definition) is 2. The number of rotatable bonds is 10. The van der Waals surface area contributed by atoms with Crippen LogP contribution in [0.3, 0.4) is 0 Å². The Hall–Kier alpha value is -4.71. The summed E-state index contributed by atoms with van der Waals surface area (Å²) in [5, 5.41) is 6.68. The van der Waals surface area contributed by atoms with Gasteiger partial charge in [-0.25, -0.2) is 15.0 Å². The van der Waals surface area contributed by atoms with E-state index < -0.39 is 23.8 Å². The monoisotopic (exact) mass is 593 g/mol. The van der Waals surface area contributed by atoms with Gasteiger partial charge in [0, 0.05) is 4.88 Å². The molecule has 0 unspecified atom stereocenters. The van der Waals surface area contributed by atoms with Gasteiger partial charge in [-0.1, -0.05) is 0 Å². The Balaban J connectivity index is 1.37. The minimum Gasteiger partial charge on any atom is -0.494 e. The van der Waals surface area contributed by atoms with E-state index in [0.717, 1.165) is 36.1 Å². The van der Waals surface area contributed by atoms with Crippen molar-refractivity contribution in [1.82, 2.24) is 5.43 Å². The smallest absolute Gasteiger partial charge is 0.343 e. The van der Waals surface area contributed by atoms with E-state index in [1.165, 1.54) is 30.7 Å². The summed E-state index contributed by atoms with van der Waals surface area (Å²) in [6, 6.07) is 11.2. The highest BCUT2D eigenvalue weighted by atomic mass is 32.1. The second-order valence-corrected chi connectivity index (χ2v) is 10.2. The van der Waals surface area contributed by atoms with Gasteiger partial charge >= 0.3 is 23.8 Å². The minimum absolute atomic E-state index is 0.188. The molecule has 1 aliphatic rings. The molecule has 0 saturated heterocycles. The fraction of sp³-hybridized carbons (Fsp3) is 0.300. The molecular weight excluding hydrogens is 562 g/mol. The molecule has 0 fully saturated rings. The molecule has 2 amide bonds. The maximum atomic E-state index is 12.6. The lowest BCUT2D eigenvalue weighted by Gasteiger charge is -2.12. The molecule has 0 saturated carbocycles. The normalized spacial score (nSPS) is 12.3. The van der Waals surface area contributed by atoms with Crippen LogP contribution in [0.1, 0.15) is 63.4 Å². The van der Waals surface area contributed by atoms with E-state index in [1.54, 1.807) is 43.3 Å². The van der Waals surface area contributed by atoms with Gasteiger partial charge in [0.15, 0.2) is 11.5 Å². The second-order valence-electron chi connectivity index (χ2n) is 9.05. The van der Waals surface area contributed by atoms with Crippen LogP contribution in [0.5, 0.6) is 17.2 Å². The molecular formula is C30H31N3O8S. The summed E-state index contributed by atoms with van der Waals surface area (Å²) in [5.74, 6) is -1.98. The Morgan fingerprint density at radius 1 is 0.929 bits per heavy atom. The van der Waals surface area contributed by atoms with Crippen molar-refractivity contribution in [2.75, 3.05) is 25.6 Å². The van der Waals surface area contributed by atoms with Crippen LogP contribution >= 0.6 is 11.3 Å². The van der Waals surface area contributed by atoms with Crippen LogP contribution in [0, 0.1) is 0 Å². The number of carbonyl (C=O) groups is 4. The van der Waals surface area contributed by atoms with Crippen LogP contribution in [-0.4, -0.2) is 50.3 Å². The van der Waals surface area contributed by atoms with Gasteiger partial charge in [-0.3, -0.25) is 9.59 Å². The fourth-order valence-corrected chi connectivity index (χ4v) is 5.58. The topological polar surface area (TPSA) is 142 Å². The quantitative estimate of drug-likeness (QED) is 0.115. The van der Waals surface area contributed by atoms with E-state index in [1.807, 2.05) is 6.92 Å². The summed E-state index contributed by atoms with van der Waals surface area (Å²) in [5.41, 5.74) is 4.21. The molecule has 12 heteroatoms. The third kappa shape index (κ3) is 7.32. The zero-order valence-corrected chi connectivity index (χ0v) is 24.3. The van der Waals surface area contributed by atoms with E-state index in [-0.39, 0.29) is 18.1 Å². The maximum Gasteiger partial charge on any atom is 0.343 e.